The van der Waals surface area contributed by atoms with Crippen molar-refractivity contribution >= 4 is 32.7 Å². The molecule has 0 bridgehead atoms. The minimum Gasteiger partial charge on any atom is -0.254 e. The summed E-state index contributed by atoms with van der Waals surface area (Å²) in [6, 6.07) is 44.3. The lowest BCUT2D eigenvalue weighted by atomic mass is 9.96. The van der Waals surface area contributed by atoms with Crippen LogP contribution >= 0.6 is 0 Å². The molecule has 8 rings (SSSR count). The summed E-state index contributed by atoms with van der Waals surface area (Å²) in [7, 11) is 0. The third-order valence-electron chi connectivity index (χ3n) is 7.75. The summed E-state index contributed by atoms with van der Waals surface area (Å²) < 4.78 is 0. The van der Waals surface area contributed by atoms with Gasteiger partial charge in [0.2, 0.25) is 0 Å². The number of fused-ring (bicyclic) bond motifs is 4. The predicted octanol–water partition coefficient (Wildman–Crippen LogP) is 8.66. The fourth-order valence-electron chi connectivity index (χ4n) is 5.58. The van der Waals surface area contributed by atoms with Crippen molar-refractivity contribution in [1.82, 2.24) is 24.9 Å². The highest BCUT2D eigenvalue weighted by Crippen LogP contribution is 2.35. The summed E-state index contributed by atoms with van der Waals surface area (Å²) in [5, 5.41) is 12.3. The SMILES string of the molecule is N#Cc1ccc2nc3c(cc(-c4ccc(-c5nc(-c6ccccc6)nc(-c6ccccc6)n5)cc4)c4cccnc43)cc2c1. The topological polar surface area (TPSA) is 88.2 Å². The Kier molecular flexibility index (Phi) is 6.06. The average molecular weight is 563 g/mol. The Morgan fingerprint density at radius 3 is 1.73 bits per heavy atom. The molecular formula is C38H22N6. The molecule has 5 aromatic carbocycles. The highest BCUT2D eigenvalue weighted by molar-refractivity contribution is 6.12. The number of hydrogen-bond acceptors (Lipinski definition) is 6. The van der Waals surface area contributed by atoms with Crippen molar-refractivity contribution in [3.63, 3.8) is 0 Å². The van der Waals surface area contributed by atoms with Gasteiger partial charge in [0, 0.05) is 39.0 Å². The third-order valence-corrected chi connectivity index (χ3v) is 7.75. The molecule has 0 atom stereocenters. The predicted molar refractivity (Wildman–Crippen MR) is 174 cm³/mol. The molecule has 0 fully saturated rings. The van der Waals surface area contributed by atoms with Crippen LogP contribution in [0.25, 0.3) is 78.0 Å². The van der Waals surface area contributed by atoms with Crippen molar-refractivity contribution in [2.75, 3.05) is 0 Å². The Hall–Kier alpha value is -6.32. The largest absolute Gasteiger partial charge is 0.254 e. The molecule has 0 aliphatic rings. The first-order chi connectivity index (χ1) is 21.7. The number of benzene rings is 5. The van der Waals surface area contributed by atoms with Gasteiger partial charge in [-0.25, -0.2) is 19.9 Å². The third kappa shape index (κ3) is 4.50. The monoisotopic (exact) mass is 562 g/mol. The smallest absolute Gasteiger partial charge is 0.164 e. The summed E-state index contributed by atoms with van der Waals surface area (Å²) in [6.07, 6.45) is 1.80. The molecule has 0 unspecified atom stereocenters. The second-order valence-electron chi connectivity index (χ2n) is 10.5. The lowest BCUT2D eigenvalue weighted by Gasteiger charge is -2.12. The molecule has 0 saturated carbocycles. The van der Waals surface area contributed by atoms with E-state index in [0.717, 1.165) is 60.5 Å². The Labute approximate surface area is 253 Å². The molecule has 3 heterocycles. The fourth-order valence-corrected chi connectivity index (χ4v) is 5.58. The van der Waals surface area contributed by atoms with Crippen LogP contribution in [0.1, 0.15) is 5.56 Å². The number of rotatable bonds is 4. The zero-order chi connectivity index (χ0) is 29.5. The molecule has 6 nitrogen and oxygen atoms in total. The maximum atomic E-state index is 9.40. The van der Waals surface area contributed by atoms with Gasteiger partial charge >= 0.3 is 0 Å². The van der Waals surface area contributed by atoms with Crippen LogP contribution in [-0.2, 0) is 0 Å². The van der Waals surface area contributed by atoms with E-state index in [4.69, 9.17) is 24.9 Å². The molecule has 0 aliphatic carbocycles. The average Bonchev–Trinajstić information content (AvgIpc) is 3.11. The first kappa shape index (κ1) is 25.4. The summed E-state index contributed by atoms with van der Waals surface area (Å²) in [5.74, 6) is 1.87. The molecule has 0 radical (unpaired) electrons. The van der Waals surface area contributed by atoms with Gasteiger partial charge in [0.1, 0.15) is 0 Å². The van der Waals surface area contributed by atoms with Crippen LogP contribution in [0.15, 0.2) is 134 Å². The number of aromatic nitrogens is 5. The molecule has 8 aromatic rings. The Morgan fingerprint density at radius 2 is 1.09 bits per heavy atom. The van der Waals surface area contributed by atoms with Gasteiger partial charge in [0.05, 0.1) is 28.2 Å². The van der Waals surface area contributed by atoms with Crippen LogP contribution in [0.2, 0.25) is 0 Å². The van der Waals surface area contributed by atoms with E-state index >= 15 is 0 Å². The van der Waals surface area contributed by atoms with Crippen LogP contribution in [-0.4, -0.2) is 24.9 Å². The summed E-state index contributed by atoms with van der Waals surface area (Å²) in [4.78, 5) is 24.2. The maximum absolute atomic E-state index is 9.40. The van der Waals surface area contributed by atoms with Crippen molar-refractivity contribution in [2.24, 2.45) is 0 Å². The van der Waals surface area contributed by atoms with Gasteiger partial charge in [0.15, 0.2) is 17.5 Å². The Morgan fingerprint density at radius 1 is 0.477 bits per heavy atom. The molecule has 0 amide bonds. The van der Waals surface area contributed by atoms with E-state index < -0.39 is 0 Å². The Balaban J connectivity index is 1.26. The molecule has 44 heavy (non-hydrogen) atoms. The molecule has 0 saturated heterocycles. The fraction of sp³-hybridized carbons (Fsp3) is 0. The van der Waals surface area contributed by atoms with E-state index in [1.165, 1.54) is 0 Å². The van der Waals surface area contributed by atoms with Crippen molar-refractivity contribution in [3.05, 3.63) is 139 Å². The molecule has 0 spiro atoms. The minimum atomic E-state index is 0.609. The van der Waals surface area contributed by atoms with E-state index in [-0.39, 0.29) is 0 Å². The van der Waals surface area contributed by atoms with Gasteiger partial charge in [-0.1, -0.05) is 91.0 Å². The van der Waals surface area contributed by atoms with Crippen molar-refractivity contribution in [2.45, 2.75) is 0 Å². The number of hydrogen-bond donors (Lipinski definition) is 0. The molecule has 3 aromatic heterocycles. The minimum absolute atomic E-state index is 0.609. The van der Waals surface area contributed by atoms with Gasteiger partial charge in [-0.05, 0) is 47.5 Å². The van der Waals surface area contributed by atoms with Crippen molar-refractivity contribution in [1.29, 1.82) is 5.26 Å². The van der Waals surface area contributed by atoms with Crippen LogP contribution < -0.4 is 0 Å². The van der Waals surface area contributed by atoms with Crippen LogP contribution in [0, 0.1) is 11.3 Å². The number of nitrogens with zero attached hydrogens (tertiary/aromatic N) is 6. The van der Waals surface area contributed by atoms with Crippen molar-refractivity contribution in [3.8, 4) is 51.4 Å². The van der Waals surface area contributed by atoms with Gasteiger partial charge in [0.25, 0.3) is 0 Å². The summed E-state index contributed by atoms with van der Waals surface area (Å²) in [6.45, 7) is 0. The maximum Gasteiger partial charge on any atom is 0.164 e. The van der Waals surface area contributed by atoms with E-state index in [0.29, 0.717) is 23.0 Å². The zero-order valence-corrected chi connectivity index (χ0v) is 23.4. The standard InChI is InChI=1S/C38H22N6/c39-23-24-13-18-33-29(20-24)21-30-22-32(31-12-7-19-40-35(31)34(30)41-33)25-14-16-28(17-15-25)38-43-36(26-8-3-1-4-9-26)42-37(44-38)27-10-5-2-6-11-27/h1-22H. The van der Waals surface area contributed by atoms with E-state index in [1.807, 2.05) is 78.9 Å². The molecular weight excluding hydrogens is 540 g/mol. The molecule has 204 valence electrons. The van der Waals surface area contributed by atoms with Gasteiger partial charge < -0.3 is 0 Å². The Bertz CT molecular complexity index is 2320. The normalized spacial score (nSPS) is 11.2. The number of pyridine rings is 2. The van der Waals surface area contributed by atoms with E-state index in [1.54, 1.807) is 12.3 Å². The van der Waals surface area contributed by atoms with Gasteiger partial charge in [-0.15, -0.1) is 0 Å². The molecule has 0 aliphatic heterocycles. The quantitative estimate of drug-likeness (QED) is 0.158. The van der Waals surface area contributed by atoms with Crippen LogP contribution in [0.3, 0.4) is 0 Å². The highest BCUT2D eigenvalue weighted by atomic mass is 15.0. The molecule has 0 N–H and O–H groups in total. The van der Waals surface area contributed by atoms with E-state index in [2.05, 4.69) is 48.5 Å². The van der Waals surface area contributed by atoms with E-state index in [9.17, 15) is 5.26 Å². The van der Waals surface area contributed by atoms with Crippen LogP contribution in [0.4, 0.5) is 0 Å². The second-order valence-corrected chi connectivity index (χ2v) is 10.5. The highest BCUT2D eigenvalue weighted by Gasteiger charge is 2.15. The van der Waals surface area contributed by atoms with Gasteiger partial charge in [-0.3, -0.25) is 4.98 Å². The lowest BCUT2D eigenvalue weighted by Crippen LogP contribution is -2.00. The first-order valence-electron chi connectivity index (χ1n) is 14.2. The van der Waals surface area contributed by atoms with Crippen LogP contribution in [0.5, 0.6) is 0 Å². The lowest BCUT2D eigenvalue weighted by molar-refractivity contribution is 1.07. The van der Waals surface area contributed by atoms with Crippen molar-refractivity contribution < 1.29 is 0 Å². The van der Waals surface area contributed by atoms with Gasteiger partial charge in [-0.2, -0.15) is 5.26 Å². The summed E-state index contributed by atoms with van der Waals surface area (Å²) in [5.41, 5.74) is 7.98. The summed E-state index contributed by atoms with van der Waals surface area (Å²) >= 11 is 0. The first-order valence-corrected chi connectivity index (χ1v) is 14.2. The zero-order valence-electron chi connectivity index (χ0n) is 23.4. The number of nitriles is 1. The molecule has 6 heteroatoms. The second kappa shape index (κ2) is 10.5.